The molecule has 0 bridgehead atoms. The molecule has 1 aromatic rings. The van der Waals surface area contributed by atoms with Crippen molar-refractivity contribution in [2.45, 2.75) is 20.0 Å². The minimum Gasteiger partial charge on any atom is -0.454 e. The third-order valence-electron chi connectivity index (χ3n) is 1.48. The zero-order chi connectivity index (χ0) is 9.84. The van der Waals surface area contributed by atoms with E-state index in [1.165, 1.54) is 18.3 Å². The van der Waals surface area contributed by atoms with E-state index in [1.54, 1.807) is 19.1 Å². The van der Waals surface area contributed by atoms with Gasteiger partial charge in [0.25, 0.3) is 0 Å². The Morgan fingerprint density at radius 1 is 1.54 bits per heavy atom. The summed E-state index contributed by atoms with van der Waals surface area (Å²) in [6.07, 6.45) is -0.684. The quantitative estimate of drug-likeness (QED) is 0.550. The van der Waals surface area contributed by atoms with Crippen molar-refractivity contribution >= 4 is 23.1 Å². The van der Waals surface area contributed by atoms with Gasteiger partial charge in [-0.05, 0) is 18.4 Å². The van der Waals surface area contributed by atoms with Crippen LogP contribution in [0.1, 0.15) is 23.5 Å². The smallest absolute Gasteiger partial charge is 0.303 e. The van der Waals surface area contributed by atoms with Gasteiger partial charge in [-0.15, -0.1) is 11.3 Å². The van der Waals surface area contributed by atoms with Crippen molar-refractivity contribution in [2.24, 2.45) is 0 Å². The summed E-state index contributed by atoms with van der Waals surface area (Å²) in [5, 5.41) is 1.81. The van der Waals surface area contributed by atoms with E-state index >= 15 is 0 Å². The molecule has 1 atom stereocenters. The van der Waals surface area contributed by atoms with Gasteiger partial charge < -0.3 is 4.74 Å². The van der Waals surface area contributed by atoms with E-state index < -0.39 is 12.1 Å². The molecule has 0 aromatic carbocycles. The molecule has 1 heterocycles. The Morgan fingerprint density at radius 3 is 2.69 bits per heavy atom. The van der Waals surface area contributed by atoms with Crippen LogP contribution in [0.15, 0.2) is 17.5 Å². The number of carbonyl (C=O) groups is 2. The minimum atomic E-state index is -0.684. The molecule has 0 aliphatic heterocycles. The van der Waals surface area contributed by atoms with Crippen molar-refractivity contribution in [3.63, 3.8) is 0 Å². The first-order valence-corrected chi connectivity index (χ1v) is 4.74. The van der Waals surface area contributed by atoms with Crippen LogP contribution in [0.4, 0.5) is 0 Å². The number of ether oxygens (including phenoxy) is 1. The molecule has 70 valence electrons. The molecule has 0 aliphatic rings. The van der Waals surface area contributed by atoms with Gasteiger partial charge in [0.2, 0.25) is 5.78 Å². The van der Waals surface area contributed by atoms with Crippen LogP contribution in [0.25, 0.3) is 0 Å². The largest absolute Gasteiger partial charge is 0.454 e. The second kappa shape index (κ2) is 4.18. The molecule has 1 rings (SSSR count). The molecule has 0 saturated carbocycles. The number of esters is 1. The van der Waals surface area contributed by atoms with Gasteiger partial charge >= 0.3 is 5.97 Å². The average molecular weight is 198 g/mol. The van der Waals surface area contributed by atoms with Crippen molar-refractivity contribution in [2.75, 3.05) is 0 Å². The Morgan fingerprint density at radius 2 is 2.23 bits per heavy atom. The van der Waals surface area contributed by atoms with Crippen molar-refractivity contribution in [3.8, 4) is 0 Å². The van der Waals surface area contributed by atoms with Gasteiger partial charge in [-0.1, -0.05) is 6.07 Å². The summed E-state index contributed by atoms with van der Waals surface area (Å²) in [5.41, 5.74) is 0. The maximum atomic E-state index is 11.5. The van der Waals surface area contributed by atoms with Crippen molar-refractivity contribution < 1.29 is 14.3 Å². The molecule has 3 nitrogen and oxygen atoms in total. The van der Waals surface area contributed by atoms with Gasteiger partial charge in [-0.3, -0.25) is 9.59 Å². The Labute approximate surface area is 80.3 Å². The van der Waals surface area contributed by atoms with E-state index in [0.717, 1.165) is 0 Å². The highest BCUT2D eigenvalue weighted by Gasteiger charge is 2.18. The van der Waals surface area contributed by atoms with Gasteiger partial charge in [-0.2, -0.15) is 0 Å². The van der Waals surface area contributed by atoms with Crippen LogP contribution >= 0.6 is 11.3 Å². The zero-order valence-corrected chi connectivity index (χ0v) is 8.26. The third-order valence-corrected chi connectivity index (χ3v) is 2.36. The summed E-state index contributed by atoms with van der Waals surface area (Å²) in [6, 6.07) is 3.51. The topological polar surface area (TPSA) is 43.4 Å². The minimum absolute atomic E-state index is 0.148. The number of Topliss-reactive ketones (excluding diaryl/α,β-unsaturated/α-hetero) is 1. The van der Waals surface area contributed by atoms with Crippen molar-refractivity contribution in [1.29, 1.82) is 0 Å². The first kappa shape index (κ1) is 9.92. The second-order valence-corrected chi connectivity index (χ2v) is 3.54. The first-order chi connectivity index (χ1) is 6.11. The van der Waals surface area contributed by atoms with Crippen LogP contribution in [-0.2, 0) is 9.53 Å². The molecule has 4 heteroatoms. The standard InChI is InChI=1S/C9H10O3S/c1-6(12-7(2)10)9(11)8-4-3-5-13-8/h3-6H,1-2H3. The maximum Gasteiger partial charge on any atom is 0.303 e. The molecule has 0 spiro atoms. The van der Waals surface area contributed by atoms with E-state index in [1.807, 2.05) is 5.38 Å². The molecule has 1 unspecified atom stereocenters. The lowest BCUT2D eigenvalue weighted by Gasteiger charge is -2.08. The SMILES string of the molecule is CC(=O)OC(C)C(=O)c1cccs1. The lowest BCUT2D eigenvalue weighted by molar-refractivity contribution is -0.143. The number of thiophene rings is 1. The summed E-state index contributed by atoms with van der Waals surface area (Å²) in [6.45, 7) is 2.86. The first-order valence-electron chi connectivity index (χ1n) is 3.86. The summed E-state index contributed by atoms with van der Waals surface area (Å²) in [7, 11) is 0. The highest BCUT2D eigenvalue weighted by Crippen LogP contribution is 2.12. The molecular weight excluding hydrogens is 188 g/mol. The van der Waals surface area contributed by atoms with Gasteiger partial charge in [0.05, 0.1) is 4.88 Å². The maximum absolute atomic E-state index is 11.5. The number of carbonyl (C=O) groups excluding carboxylic acids is 2. The lowest BCUT2D eigenvalue weighted by Crippen LogP contribution is -2.22. The Bertz CT molecular complexity index is 303. The number of rotatable bonds is 3. The number of hydrogen-bond acceptors (Lipinski definition) is 4. The van der Waals surface area contributed by atoms with Crippen LogP contribution < -0.4 is 0 Å². The highest BCUT2D eigenvalue weighted by molar-refractivity contribution is 7.12. The summed E-state index contributed by atoms with van der Waals surface area (Å²) in [5.74, 6) is -0.581. The van der Waals surface area contributed by atoms with E-state index in [9.17, 15) is 9.59 Å². The van der Waals surface area contributed by atoms with E-state index in [2.05, 4.69) is 0 Å². The van der Waals surface area contributed by atoms with E-state index in [0.29, 0.717) is 4.88 Å². The predicted octanol–water partition coefficient (Wildman–Crippen LogP) is 1.88. The summed E-state index contributed by atoms with van der Waals surface area (Å²) in [4.78, 5) is 22.7. The molecule has 0 N–H and O–H groups in total. The van der Waals surface area contributed by atoms with Crippen LogP contribution in [0.3, 0.4) is 0 Å². The molecular formula is C9H10O3S. The fraction of sp³-hybridized carbons (Fsp3) is 0.333. The van der Waals surface area contributed by atoms with Crippen LogP contribution in [-0.4, -0.2) is 17.9 Å². The Balaban J connectivity index is 2.63. The number of ketones is 1. The van der Waals surface area contributed by atoms with Gasteiger partial charge in [0.1, 0.15) is 0 Å². The zero-order valence-electron chi connectivity index (χ0n) is 7.44. The van der Waals surface area contributed by atoms with Gasteiger partial charge in [-0.25, -0.2) is 0 Å². The third kappa shape index (κ3) is 2.66. The number of hydrogen-bond donors (Lipinski definition) is 0. The summed E-state index contributed by atoms with van der Waals surface area (Å²) >= 11 is 1.35. The normalized spacial score (nSPS) is 12.2. The highest BCUT2D eigenvalue weighted by atomic mass is 32.1. The molecule has 0 aliphatic carbocycles. The summed E-state index contributed by atoms with van der Waals surface area (Å²) < 4.78 is 4.75. The van der Waals surface area contributed by atoms with Gasteiger partial charge in [0.15, 0.2) is 6.10 Å². The van der Waals surface area contributed by atoms with Crippen LogP contribution in [0, 0.1) is 0 Å². The average Bonchev–Trinajstić information content (AvgIpc) is 2.53. The Kier molecular flexibility index (Phi) is 3.19. The van der Waals surface area contributed by atoms with Gasteiger partial charge in [0, 0.05) is 6.92 Å². The molecule has 13 heavy (non-hydrogen) atoms. The fourth-order valence-corrected chi connectivity index (χ4v) is 1.66. The molecule has 0 saturated heterocycles. The fourth-order valence-electron chi connectivity index (χ4n) is 0.922. The molecule has 1 aromatic heterocycles. The van der Waals surface area contributed by atoms with E-state index in [4.69, 9.17) is 4.74 Å². The Hall–Kier alpha value is -1.16. The second-order valence-electron chi connectivity index (χ2n) is 2.59. The molecule has 0 fully saturated rings. The lowest BCUT2D eigenvalue weighted by atomic mass is 10.2. The molecule has 0 amide bonds. The van der Waals surface area contributed by atoms with Crippen LogP contribution in [0.5, 0.6) is 0 Å². The van der Waals surface area contributed by atoms with Crippen molar-refractivity contribution in [1.82, 2.24) is 0 Å². The predicted molar refractivity (Wildman–Crippen MR) is 49.9 cm³/mol. The van der Waals surface area contributed by atoms with E-state index in [-0.39, 0.29) is 5.78 Å². The van der Waals surface area contributed by atoms with Crippen LogP contribution in [0.2, 0.25) is 0 Å². The molecule has 0 radical (unpaired) electrons. The van der Waals surface area contributed by atoms with Crippen molar-refractivity contribution in [3.05, 3.63) is 22.4 Å². The monoisotopic (exact) mass is 198 g/mol.